The number of rotatable bonds is 6. The number of nitrogens with zero attached hydrogens (tertiary/aromatic N) is 1. The lowest BCUT2D eigenvalue weighted by molar-refractivity contribution is -0.116. The highest BCUT2D eigenvalue weighted by Crippen LogP contribution is 2.30. The average molecular weight is 404 g/mol. The Morgan fingerprint density at radius 2 is 1.93 bits per heavy atom. The number of aryl methyl sites for hydroxylation is 2. The van der Waals surface area contributed by atoms with Crippen LogP contribution in [0.15, 0.2) is 66.9 Å². The molecule has 0 saturated carbocycles. The molecule has 0 unspecified atom stereocenters. The van der Waals surface area contributed by atoms with Gasteiger partial charge in [0.1, 0.15) is 0 Å². The van der Waals surface area contributed by atoms with Gasteiger partial charge in [0.05, 0.1) is 11.4 Å². The molecule has 0 fully saturated rings. The van der Waals surface area contributed by atoms with Crippen molar-refractivity contribution in [3.05, 3.63) is 83.0 Å². The first kappa shape index (κ1) is 19.2. The lowest BCUT2D eigenvalue weighted by Gasteiger charge is -2.08. The molecule has 0 spiro atoms. The van der Waals surface area contributed by atoms with Gasteiger partial charge in [-0.1, -0.05) is 41.9 Å². The van der Waals surface area contributed by atoms with Crippen LogP contribution in [0.5, 0.6) is 0 Å². The molecular formula is C24H22ClN3O. The molecule has 29 heavy (non-hydrogen) atoms. The number of benzene rings is 2. The van der Waals surface area contributed by atoms with Gasteiger partial charge in [-0.2, -0.15) is 0 Å². The fourth-order valence-corrected chi connectivity index (χ4v) is 3.69. The second-order valence-electron chi connectivity index (χ2n) is 7.10. The maximum Gasteiger partial charge on any atom is 0.224 e. The van der Waals surface area contributed by atoms with Crippen LogP contribution in [0.25, 0.3) is 22.3 Å². The number of nitrogens with one attached hydrogen (secondary N) is 2. The van der Waals surface area contributed by atoms with Gasteiger partial charge in [0, 0.05) is 34.2 Å². The number of carbonyl (C=O) groups excluding carboxylic acids is 1. The number of para-hydroxylation sites is 1. The van der Waals surface area contributed by atoms with Crippen LogP contribution in [0, 0.1) is 6.92 Å². The summed E-state index contributed by atoms with van der Waals surface area (Å²) in [6.07, 6.45) is 3.77. The predicted molar refractivity (Wildman–Crippen MR) is 119 cm³/mol. The molecule has 4 aromatic rings. The van der Waals surface area contributed by atoms with E-state index in [2.05, 4.69) is 27.4 Å². The van der Waals surface area contributed by atoms with Crippen LogP contribution >= 0.6 is 11.6 Å². The maximum atomic E-state index is 12.4. The SMILES string of the molecule is Cc1ccc(NC(=O)CCCc2c(-c3ccccn3)[nH]c3ccccc23)cc1Cl. The number of halogens is 1. The van der Waals surface area contributed by atoms with Gasteiger partial charge in [-0.25, -0.2) is 0 Å². The summed E-state index contributed by atoms with van der Waals surface area (Å²) < 4.78 is 0. The molecule has 5 heteroatoms. The van der Waals surface area contributed by atoms with Crippen LogP contribution in [0.4, 0.5) is 5.69 Å². The first-order chi connectivity index (χ1) is 14.1. The molecule has 4 nitrogen and oxygen atoms in total. The Labute approximate surface area is 174 Å². The topological polar surface area (TPSA) is 57.8 Å². The molecule has 2 heterocycles. The van der Waals surface area contributed by atoms with E-state index in [0.29, 0.717) is 11.4 Å². The van der Waals surface area contributed by atoms with E-state index >= 15 is 0 Å². The van der Waals surface area contributed by atoms with Crippen molar-refractivity contribution in [1.82, 2.24) is 9.97 Å². The van der Waals surface area contributed by atoms with Crippen molar-refractivity contribution < 1.29 is 4.79 Å². The Hall–Kier alpha value is -3.11. The molecule has 0 saturated heterocycles. The van der Waals surface area contributed by atoms with Gasteiger partial charge in [0.15, 0.2) is 0 Å². The minimum atomic E-state index is -0.0100. The third kappa shape index (κ3) is 4.33. The Kier molecular flexibility index (Phi) is 5.63. The summed E-state index contributed by atoms with van der Waals surface area (Å²) >= 11 is 6.14. The van der Waals surface area contributed by atoms with Crippen LogP contribution < -0.4 is 5.32 Å². The number of pyridine rings is 1. The molecule has 0 atom stereocenters. The van der Waals surface area contributed by atoms with Gasteiger partial charge in [0.2, 0.25) is 5.91 Å². The molecule has 0 aliphatic carbocycles. The van der Waals surface area contributed by atoms with Gasteiger partial charge in [-0.05, 0) is 61.2 Å². The Balaban J connectivity index is 1.48. The minimum absolute atomic E-state index is 0.0100. The van der Waals surface area contributed by atoms with Crippen LogP contribution in [-0.2, 0) is 11.2 Å². The molecule has 1 amide bonds. The van der Waals surface area contributed by atoms with Crippen molar-refractivity contribution in [3.63, 3.8) is 0 Å². The third-order valence-electron chi connectivity index (χ3n) is 5.02. The summed E-state index contributed by atoms with van der Waals surface area (Å²) in [5.74, 6) is -0.0100. The van der Waals surface area contributed by atoms with Crippen molar-refractivity contribution in [3.8, 4) is 11.4 Å². The minimum Gasteiger partial charge on any atom is -0.353 e. The highest BCUT2D eigenvalue weighted by atomic mass is 35.5. The normalized spacial score (nSPS) is 11.0. The largest absolute Gasteiger partial charge is 0.353 e. The highest BCUT2D eigenvalue weighted by molar-refractivity contribution is 6.31. The standard InChI is InChI=1S/C24H22ClN3O/c1-16-12-13-17(15-20(16)25)27-23(29)11-6-8-19-18-7-2-3-9-21(18)28-24(19)22-10-4-5-14-26-22/h2-5,7,9-10,12-15,28H,6,8,11H2,1H3,(H,27,29). The third-order valence-corrected chi connectivity index (χ3v) is 5.43. The number of hydrogen-bond acceptors (Lipinski definition) is 2. The summed E-state index contributed by atoms with van der Waals surface area (Å²) in [5, 5.41) is 4.76. The number of hydrogen-bond donors (Lipinski definition) is 2. The molecule has 2 aromatic carbocycles. The molecule has 4 rings (SSSR count). The van der Waals surface area contributed by atoms with Crippen molar-refractivity contribution in [2.45, 2.75) is 26.2 Å². The Bertz CT molecular complexity index is 1150. The zero-order valence-electron chi connectivity index (χ0n) is 16.2. The predicted octanol–water partition coefficient (Wildman–Crippen LogP) is 6.15. The number of aromatic amines is 1. The summed E-state index contributed by atoms with van der Waals surface area (Å²) in [5.41, 5.74) is 5.94. The molecule has 0 aliphatic rings. The summed E-state index contributed by atoms with van der Waals surface area (Å²) in [6, 6.07) is 19.7. The van der Waals surface area contributed by atoms with Crippen molar-refractivity contribution in [2.75, 3.05) is 5.32 Å². The summed E-state index contributed by atoms with van der Waals surface area (Å²) in [6.45, 7) is 1.94. The number of amides is 1. The zero-order valence-corrected chi connectivity index (χ0v) is 17.0. The fourth-order valence-electron chi connectivity index (χ4n) is 3.51. The Morgan fingerprint density at radius 1 is 1.10 bits per heavy atom. The van der Waals surface area contributed by atoms with E-state index in [4.69, 9.17) is 11.6 Å². The molecule has 146 valence electrons. The molecule has 0 radical (unpaired) electrons. The molecule has 2 N–H and O–H groups in total. The van der Waals surface area contributed by atoms with E-state index in [0.717, 1.165) is 41.0 Å². The van der Waals surface area contributed by atoms with Crippen molar-refractivity contribution in [1.29, 1.82) is 0 Å². The van der Waals surface area contributed by atoms with Crippen molar-refractivity contribution >= 4 is 34.1 Å². The number of aromatic nitrogens is 2. The van der Waals surface area contributed by atoms with Crippen LogP contribution in [0.2, 0.25) is 5.02 Å². The van der Waals surface area contributed by atoms with E-state index in [1.54, 1.807) is 12.3 Å². The van der Waals surface area contributed by atoms with Crippen molar-refractivity contribution in [2.24, 2.45) is 0 Å². The number of anilines is 1. The fraction of sp³-hybridized carbons (Fsp3) is 0.167. The van der Waals surface area contributed by atoms with E-state index in [1.807, 2.05) is 49.4 Å². The summed E-state index contributed by atoms with van der Waals surface area (Å²) in [4.78, 5) is 20.4. The van der Waals surface area contributed by atoms with Gasteiger partial charge in [0.25, 0.3) is 0 Å². The van der Waals surface area contributed by atoms with Gasteiger partial charge in [-0.3, -0.25) is 9.78 Å². The smallest absolute Gasteiger partial charge is 0.224 e. The maximum absolute atomic E-state index is 12.4. The van der Waals surface area contributed by atoms with Crippen LogP contribution in [-0.4, -0.2) is 15.9 Å². The van der Waals surface area contributed by atoms with E-state index < -0.39 is 0 Å². The van der Waals surface area contributed by atoms with Gasteiger partial charge >= 0.3 is 0 Å². The molecular weight excluding hydrogens is 382 g/mol. The highest BCUT2D eigenvalue weighted by Gasteiger charge is 2.14. The lowest BCUT2D eigenvalue weighted by Crippen LogP contribution is -2.11. The first-order valence-electron chi connectivity index (χ1n) is 9.69. The number of H-pyrrole nitrogens is 1. The average Bonchev–Trinajstić information content (AvgIpc) is 3.10. The molecule has 2 aromatic heterocycles. The monoisotopic (exact) mass is 403 g/mol. The Morgan fingerprint density at radius 3 is 2.72 bits per heavy atom. The lowest BCUT2D eigenvalue weighted by atomic mass is 10.0. The number of fused-ring (bicyclic) bond motifs is 1. The zero-order chi connectivity index (χ0) is 20.2. The van der Waals surface area contributed by atoms with E-state index in [1.165, 1.54) is 10.9 Å². The van der Waals surface area contributed by atoms with E-state index in [-0.39, 0.29) is 5.91 Å². The van der Waals surface area contributed by atoms with E-state index in [9.17, 15) is 4.79 Å². The van der Waals surface area contributed by atoms with Crippen LogP contribution in [0.3, 0.4) is 0 Å². The number of carbonyl (C=O) groups is 1. The van der Waals surface area contributed by atoms with Gasteiger partial charge < -0.3 is 10.3 Å². The van der Waals surface area contributed by atoms with Crippen LogP contribution in [0.1, 0.15) is 24.0 Å². The second kappa shape index (κ2) is 8.50. The first-order valence-corrected chi connectivity index (χ1v) is 10.1. The summed E-state index contributed by atoms with van der Waals surface area (Å²) in [7, 11) is 0. The quantitative estimate of drug-likeness (QED) is 0.405. The molecule has 0 aliphatic heterocycles. The second-order valence-corrected chi connectivity index (χ2v) is 7.51. The molecule has 0 bridgehead atoms. The van der Waals surface area contributed by atoms with Gasteiger partial charge in [-0.15, -0.1) is 0 Å².